The highest BCUT2D eigenvalue weighted by molar-refractivity contribution is 8.00. The molecule has 0 unspecified atom stereocenters. The van der Waals surface area contributed by atoms with E-state index in [9.17, 15) is 9.59 Å². The van der Waals surface area contributed by atoms with E-state index in [1.54, 1.807) is 0 Å². The molecule has 0 atom stereocenters. The summed E-state index contributed by atoms with van der Waals surface area (Å²) in [6.07, 6.45) is 0. The fourth-order valence-electron chi connectivity index (χ4n) is 3.05. The molecule has 2 amide bonds. The van der Waals surface area contributed by atoms with Crippen LogP contribution >= 0.6 is 23.4 Å². The highest BCUT2D eigenvalue weighted by Gasteiger charge is 2.25. The van der Waals surface area contributed by atoms with Crippen LogP contribution in [0.1, 0.15) is 0 Å². The van der Waals surface area contributed by atoms with Crippen molar-refractivity contribution in [2.45, 2.75) is 4.90 Å². The maximum atomic E-state index is 12.4. The Morgan fingerprint density at radius 1 is 0.962 bits per heavy atom. The molecule has 2 aliphatic rings. The number of carbonyl (C=O) groups excluding carboxylic acids is 2. The van der Waals surface area contributed by atoms with Crippen LogP contribution in [0.25, 0.3) is 0 Å². The van der Waals surface area contributed by atoms with Gasteiger partial charge in [0, 0.05) is 44.2 Å². The molecule has 0 aliphatic carbocycles. The number of nitrogens with zero attached hydrogens (tertiary/aromatic N) is 3. The van der Waals surface area contributed by atoms with E-state index in [0.717, 1.165) is 18.0 Å². The van der Waals surface area contributed by atoms with Crippen LogP contribution in [0.5, 0.6) is 0 Å². The molecule has 1 aromatic carbocycles. The quantitative estimate of drug-likeness (QED) is 0.704. The van der Waals surface area contributed by atoms with Gasteiger partial charge in [-0.1, -0.05) is 23.7 Å². The second-order valence-corrected chi connectivity index (χ2v) is 7.79. The van der Waals surface area contributed by atoms with Gasteiger partial charge < -0.3 is 14.5 Å². The van der Waals surface area contributed by atoms with E-state index >= 15 is 0 Å². The van der Waals surface area contributed by atoms with Gasteiger partial charge in [-0.2, -0.15) is 0 Å². The Morgan fingerprint density at radius 2 is 1.58 bits per heavy atom. The third kappa shape index (κ3) is 5.36. The number of amides is 2. The van der Waals surface area contributed by atoms with Crippen molar-refractivity contribution < 1.29 is 14.3 Å². The minimum atomic E-state index is 0.0928. The first-order chi connectivity index (χ1) is 12.6. The maximum absolute atomic E-state index is 12.4. The Morgan fingerprint density at radius 3 is 2.23 bits per heavy atom. The molecule has 2 saturated heterocycles. The lowest BCUT2D eigenvalue weighted by molar-refractivity contribution is -0.139. The average Bonchev–Trinajstić information content (AvgIpc) is 2.68. The van der Waals surface area contributed by atoms with Gasteiger partial charge in [-0.3, -0.25) is 14.5 Å². The molecule has 0 bridgehead atoms. The Kier molecular flexibility index (Phi) is 7.19. The molecule has 6 nitrogen and oxygen atoms in total. The second kappa shape index (κ2) is 9.60. The number of hydrogen-bond donors (Lipinski definition) is 0. The van der Waals surface area contributed by atoms with Crippen LogP contribution < -0.4 is 0 Å². The smallest absolute Gasteiger partial charge is 0.236 e. The number of ether oxygens (including phenoxy) is 1. The molecule has 2 heterocycles. The molecule has 2 aliphatic heterocycles. The van der Waals surface area contributed by atoms with Gasteiger partial charge in [0.25, 0.3) is 0 Å². The molecular formula is C18H24ClN3O3S. The highest BCUT2D eigenvalue weighted by atomic mass is 35.5. The van der Waals surface area contributed by atoms with Crippen molar-refractivity contribution in [2.75, 3.05) is 64.8 Å². The van der Waals surface area contributed by atoms with Crippen LogP contribution in [0.15, 0.2) is 29.2 Å². The van der Waals surface area contributed by atoms with Crippen LogP contribution in [-0.4, -0.2) is 91.3 Å². The Hall–Kier alpha value is -1.28. The van der Waals surface area contributed by atoms with Gasteiger partial charge in [0.2, 0.25) is 11.8 Å². The Labute approximate surface area is 163 Å². The minimum absolute atomic E-state index is 0.0928. The first kappa shape index (κ1) is 19.5. The molecule has 26 heavy (non-hydrogen) atoms. The lowest BCUT2D eigenvalue weighted by atomic mass is 10.3. The lowest BCUT2D eigenvalue weighted by Gasteiger charge is -2.36. The summed E-state index contributed by atoms with van der Waals surface area (Å²) in [5.74, 6) is 0.602. The van der Waals surface area contributed by atoms with Gasteiger partial charge in [0.05, 0.1) is 30.5 Å². The summed E-state index contributed by atoms with van der Waals surface area (Å²) in [6, 6.07) is 7.54. The zero-order valence-corrected chi connectivity index (χ0v) is 16.3. The summed E-state index contributed by atoms with van der Waals surface area (Å²) in [6.45, 7) is 5.84. The SMILES string of the molecule is O=C(CSc1ccccc1Cl)N1CCN(C(=O)CN2CCOCC2)CC1. The Bertz CT molecular complexity index is 632. The number of halogens is 1. The molecule has 3 rings (SSSR count). The molecule has 0 saturated carbocycles. The fourth-order valence-corrected chi connectivity index (χ4v) is 4.19. The molecular weight excluding hydrogens is 374 g/mol. The van der Waals surface area contributed by atoms with Gasteiger partial charge >= 0.3 is 0 Å². The number of thioether (sulfide) groups is 1. The molecule has 0 N–H and O–H groups in total. The Balaban J connectivity index is 1.40. The maximum Gasteiger partial charge on any atom is 0.236 e. The normalized spacial score (nSPS) is 18.8. The van der Waals surface area contributed by atoms with Crippen LogP contribution in [0.2, 0.25) is 5.02 Å². The van der Waals surface area contributed by atoms with Crippen LogP contribution in [0.3, 0.4) is 0 Å². The number of hydrogen-bond acceptors (Lipinski definition) is 5. The van der Waals surface area contributed by atoms with Crippen molar-refractivity contribution in [3.63, 3.8) is 0 Å². The van der Waals surface area contributed by atoms with E-state index in [2.05, 4.69) is 4.90 Å². The van der Waals surface area contributed by atoms with Gasteiger partial charge in [-0.05, 0) is 12.1 Å². The van der Waals surface area contributed by atoms with Crippen LogP contribution in [-0.2, 0) is 14.3 Å². The van der Waals surface area contributed by atoms with Gasteiger partial charge in [-0.15, -0.1) is 11.8 Å². The van der Waals surface area contributed by atoms with Crippen molar-refractivity contribution >= 4 is 35.2 Å². The molecule has 142 valence electrons. The number of piperazine rings is 1. The van der Waals surface area contributed by atoms with Crippen molar-refractivity contribution in [2.24, 2.45) is 0 Å². The predicted molar refractivity (Wildman–Crippen MR) is 103 cm³/mol. The first-order valence-electron chi connectivity index (χ1n) is 8.86. The van der Waals surface area contributed by atoms with E-state index in [0.29, 0.717) is 56.7 Å². The third-order valence-corrected chi connectivity index (χ3v) is 6.14. The van der Waals surface area contributed by atoms with Crippen LogP contribution in [0, 0.1) is 0 Å². The highest BCUT2D eigenvalue weighted by Crippen LogP contribution is 2.26. The minimum Gasteiger partial charge on any atom is -0.379 e. The van der Waals surface area contributed by atoms with Crippen LogP contribution in [0.4, 0.5) is 0 Å². The molecule has 0 aromatic heterocycles. The van der Waals surface area contributed by atoms with Gasteiger partial charge in [-0.25, -0.2) is 0 Å². The summed E-state index contributed by atoms with van der Waals surface area (Å²) in [5, 5.41) is 0.670. The topological polar surface area (TPSA) is 53.1 Å². The first-order valence-corrected chi connectivity index (χ1v) is 10.2. The van der Waals surface area contributed by atoms with Crippen molar-refractivity contribution in [3.8, 4) is 0 Å². The molecule has 0 radical (unpaired) electrons. The monoisotopic (exact) mass is 397 g/mol. The fraction of sp³-hybridized carbons (Fsp3) is 0.556. The molecule has 1 aromatic rings. The lowest BCUT2D eigenvalue weighted by Crippen LogP contribution is -2.53. The van der Waals surface area contributed by atoms with E-state index in [4.69, 9.17) is 16.3 Å². The largest absolute Gasteiger partial charge is 0.379 e. The standard InChI is InChI=1S/C18H24ClN3O3S/c19-15-3-1-2-4-16(15)26-14-18(24)22-7-5-21(6-8-22)17(23)13-20-9-11-25-12-10-20/h1-4H,5-14H2. The van der Waals surface area contributed by atoms with E-state index in [1.165, 1.54) is 11.8 Å². The zero-order valence-electron chi connectivity index (χ0n) is 14.7. The average molecular weight is 398 g/mol. The number of benzene rings is 1. The molecule has 0 spiro atoms. The summed E-state index contributed by atoms with van der Waals surface area (Å²) in [7, 11) is 0. The van der Waals surface area contributed by atoms with E-state index < -0.39 is 0 Å². The zero-order chi connectivity index (χ0) is 18.4. The summed E-state index contributed by atoms with van der Waals surface area (Å²) in [5.41, 5.74) is 0. The third-order valence-electron chi connectivity index (χ3n) is 4.64. The number of carbonyl (C=O) groups is 2. The summed E-state index contributed by atoms with van der Waals surface area (Å²) >= 11 is 7.58. The number of morpholine rings is 1. The predicted octanol–water partition coefficient (Wildman–Crippen LogP) is 1.44. The second-order valence-electron chi connectivity index (χ2n) is 6.37. The van der Waals surface area contributed by atoms with Crippen molar-refractivity contribution in [1.82, 2.24) is 14.7 Å². The number of rotatable bonds is 5. The molecule has 2 fully saturated rings. The summed E-state index contributed by atoms with van der Waals surface area (Å²) < 4.78 is 5.31. The molecule has 8 heteroatoms. The van der Waals surface area contributed by atoms with Gasteiger partial charge in [0.15, 0.2) is 0 Å². The van der Waals surface area contributed by atoms with Crippen molar-refractivity contribution in [1.29, 1.82) is 0 Å². The van der Waals surface area contributed by atoms with E-state index in [-0.39, 0.29) is 11.8 Å². The summed E-state index contributed by atoms with van der Waals surface area (Å²) in [4.78, 5) is 31.6. The van der Waals surface area contributed by atoms with E-state index in [1.807, 2.05) is 34.1 Å². The van der Waals surface area contributed by atoms with Crippen molar-refractivity contribution in [3.05, 3.63) is 29.3 Å². The van der Waals surface area contributed by atoms with Gasteiger partial charge in [0.1, 0.15) is 0 Å².